The molecule has 25 heavy (non-hydrogen) atoms. The first-order valence-electron chi connectivity index (χ1n) is 8.33. The molecule has 132 valence electrons. The lowest BCUT2D eigenvalue weighted by Crippen LogP contribution is -2.22. The minimum absolute atomic E-state index is 0.0449. The Kier molecular flexibility index (Phi) is 6.17. The molecule has 5 nitrogen and oxygen atoms in total. The Labute approximate surface area is 148 Å². The standard InChI is InChI=1S/C20H24N2O3/c1-5-14(2)25-19-12-6-16(7-13-19)20(24)21-17-8-10-18(11-9-17)22(4)15(3)23/h6-14H,5H2,1-4H3,(H,21,24). The highest BCUT2D eigenvalue weighted by Gasteiger charge is 2.09. The van der Waals surface area contributed by atoms with Crippen LogP contribution >= 0.6 is 0 Å². The number of carbonyl (C=O) groups excluding carboxylic acids is 2. The molecule has 1 N–H and O–H groups in total. The molecular formula is C20H24N2O3. The van der Waals surface area contributed by atoms with E-state index in [0.717, 1.165) is 17.9 Å². The molecule has 2 aromatic rings. The zero-order valence-corrected chi connectivity index (χ0v) is 15.1. The van der Waals surface area contributed by atoms with E-state index in [4.69, 9.17) is 4.74 Å². The molecule has 0 aliphatic carbocycles. The fraction of sp³-hybridized carbons (Fsp3) is 0.300. The topological polar surface area (TPSA) is 58.6 Å². The number of hydrogen-bond donors (Lipinski definition) is 1. The van der Waals surface area contributed by atoms with E-state index in [9.17, 15) is 9.59 Å². The van der Waals surface area contributed by atoms with E-state index in [-0.39, 0.29) is 17.9 Å². The summed E-state index contributed by atoms with van der Waals surface area (Å²) in [6.07, 6.45) is 1.07. The van der Waals surface area contributed by atoms with Crippen molar-refractivity contribution in [2.45, 2.75) is 33.3 Å². The lowest BCUT2D eigenvalue weighted by molar-refractivity contribution is -0.116. The van der Waals surface area contributed by atoms with Gasteiger partial charge in [-0.15, -0.1) is 0 Å². The van der Waals surface area contributed by atoms with Gasteiger partial charge in [0.25, 0.3) is 5.91 Å². The van der Waals surface area contributed by atoms with Gasteiger partial charge in [-0.25, -0.2) is 0 Å². The van der Waals surface area contributed by atoms with Crippen molar-refractivity contribution in [2.24, 2.45) is 0 Å². The first-order chi connectivity index (χ1) is 11.9. The minimum atomic E-state index is -0.192. The maximum Gasteiger partial charge on any atom is 0.255 e. The molecule has 0 saturated heterocycles. The maximum absolute atomic E-state index is 12.3. The Balaban J connectivity index is 2.00. The third kappa shape index (κ3) is 5.08. The van der Waals surface area contributed by atoms with Crippen molar-refractivity contribution in [3.63, 3.8) is 0 Å². The molecule has 0 bridgehead atoms. The van der Waals surface area contributed by atoms with Gasteiger partial charge >= 0.3 is 0 Å². The van der Waals surface area contributed by atoms with Gasteiger partial charge in [-0.1, -0.05) is 6.92 Å². The summed E-state index contributed by atoms with van der Waals surface area (Å²) in [7, 11) is 1.71. The summed E-state index contributed by atoms with van der Waals surface area (Å²) >= 11 is 0. The van der Waals surface area contributed by atoms with Crippen LogP contribution in [0.3, 0.4) is 0 Å². The molecule has 1 atom stereocenters. The van der Waals surface area contributed by atoms with Gasteiger partial charge in [-0.2, -0.15) is 0 Å². The quantitative estimate of drug-likeness (QED) is 0.861. The summed E-state index contributed by atoms with van der Waals surface area (Å²) in [5.41, 5.74) is 2.00. The van der Waals surface area contributed by atoms with Gasteiger partial charge < -0.3 is 15.0 Å². The summed E-state index contributed by atoms with van der Waals surface area (Å²) in [6, 6.07) is 14.2. The largest absolute Gasteiger partial charge is 0.491 e. The van der Waals surface area contributed by atoms with Crippen molar-refractivity contribution in [2.75, 3.05) is 17.3 Å². The van der Waals surface area contributed by atoms with E-state index in [1.165, 1.54) is 6.92 Å². The van der Waals surface area contributed by atoms with Gasteiger partial charge in [-0.3, -0.25) is 9.59 Å². The van der Waals surface area contributed by atoms with Gasteiger partial charge in [0.1, 0.15) is 5.75 Å². The van der Waals surface area contributed by atoms with Crippen LogP contribution in [0.4, 0.5) is 11.4 Å². The van der Waals surface area contributed by atoms with Crippen LogP contribution in [0, 0.1) is 0 Å². The van der Waals surface area contributed by atoms with Gasteiger partial charge in [-0.05, 0) is 61.9 Å². The molecule has 0 aromatic heterocycles. The maximum atomic E-state index is 12.3. The molecule has 2 rings (SSSR count). The second-order valence-electron chi connectivity index (χ2n) is 5.94. The van der Waals surface area contributed by atoms with Gasteiger partial charge in [0.05, 0.1) is 6.10 Å². The third-order valence-electron chi connectivity index (χ3n) is 4.01. The number of carbonyl (C=O) groups is 2. The summed E-state index contributed by atoms with van der Waals surface area (Å²) in [5.74, 6) is 0.516. The molecule has 0 fully saturated rings. The lowest BCUT2D eigenvalue weighted by atomic mass is 10.2. The fourth-order valence-corrected chi connectivity index (χ4v) is 2.15. The van der Waals surface area contributed by atoms with Crippen molar-refractivity contribution in [3.05, 3.63) is 54.1 Å². The molecule has 0 saturated carbocycles. The zero-order chi connectivity index (χ0) is 18.4. The van der Waals surface area contributed by atoms with Crippen molar-refractivity contribution in [3.8, 4) is 5.75 Å². The second kappa shape index (κ2) is 8.33. The van der Waals surface area contributed by atoms with Crippen molar-refractivity contribution < 1.29 is 14.3 Å². The molecule has 5 heteroatoms. The second-order valence-corrected chi connectivity index (χ2v) is 5.94. The fourth-order valence-electron chi connectivity index (χ4n) is 2.15. The van der Waals surface area contributed by atoms with Gasteiger partial charge in [0.15, 0.2) is 0 Å². The molecule has 0 aliphatic heterocycles. The summed E-state index contributed by atoms with van der Waals surface area (Å²) in [4.78, 5) is 25.2. The van der Waals surface area contributed by atoms with E-state index in [0.29, 0.717) is 11.3 Å². The number of ether oxygens (including phenoxy) is 1. The Hall–Kier alpha value is -2.82. The molecule has 1 unspecified atom stereocenters. The average Bonchev–Trinajstić information content (AvgIpc) is 2.62. The SMILES string of the molecule is CCC(C)Oc1ccc(C(=O)Nc2ccc(N(C)C(C)=O)cc2)cc1. The van der Waals surface area contributed by atoms with Gasteiger partial charge in [0, 0.05) is 30.9 Å². The lowest BCUT2D eigenvalue weighted by Gasteiger charge is -2.15. The first-order valence-corrected chi connectivity index (χ1v) is 8.33. The van der Waals surface area contributed by atoms with Crippen molar-refractivity contribution in [1.82, 2.24) is 0 Å². The minimum Gasteiger partial charge on any atom is -0.491 e. The molecule has 2 aromatic carbocycles. The van der Waals surface area contributed by atoms with Crippen LogP contribution in [0.1, 0.15) is 37.6 Å². The number of amides is 2. The summed E-state index contributed by atoms with van der Waals surface area (Å²) in [5, 5.41) is 2.84. The van der Waals surface area contributed by atoms with E-state index in [2.05, 4.69) is 12.2 Å². The highest BCUT2D eigenvalue weighted by molar-refractivity contribution is 6.04. The normalized spacial score (nSPS) is 11.5. The smallest absolute Gasteiger partial charge is 0.255 e. The summed E-state index contributed by atoms with van der Waals surface area (Å²) < 4.78 is 5.71. The molecular weight excluding hydrogens is 316 g/mol. The Morgan fingerprint density at radius 1 is 1.08 bits per heavy atom. The molecule has 0 aliphatic rings. The molecule has 0 radical (unpaired) electrons. The number of hydrogen-bond acceptors (Lipinski definition) is 3. The van der Waals surface area contributed by atoms with E-state index < -0.39 is 0 Å². The highest BCUT2D eigenvalue weighted by atomic mass is 16.5. The summed E-state index contributed by atoms with van der Waals surface area (Å²) in [6.45, 7) is 5.57. The van der Waals surface area contributed by atoms with Crippen LogP contribution in [-0.2, 0) is 4.79 Å². The van der Waals surface area contributed by atoms with Crippen LogP contribution < -0.4 is 15.0 Å². The monoisotopic (exact) mass is 340 g/mol. The Morgan fingerprint density at radius 2 is 1.68 bits per heavy atom. The van der Waals surface area contributed by atoms with E-state index in [1.54, 1.807) is 60.5 Å². The number of benzene rings is 2. The van der Waals surface area contributed by atoms with Crippen LogP contribution in [0.5, 0.6) is 5.75 Å². The molecule has 2 amide bonds. The predicted octanol–water partition coefficient (Wildman–Crippen LogP) is 4.10. The predicted molar refractivity (Wildman–Crippen MR) is 100 cm³/mol. The Bertz CT molecular complexity index is 724. The van der Waals surface area contributed by atoms with E-state index in [1.807, 2.05) is 6.92 Å². The average molecular weight is 340 g/mol. The van der Waals surface area contributed by atoms with Crippen LogP contribution in [0.2, 0.25) is 0 Å². The van der Waals surface area contributed by atoms with Crippen LogP contribution in [0.15, 0.2) is 48.5 Å². The third-order valence-corrected chi connectivity index (χ3v) is 4.01. The van der Waals surface area contributed by atoms with Crippen molar-refractivity contribution in [1.29, 1.82) is 0 Å². The van der Waals surface area contributed by atoms with Crippen molar-refractivity contribution >= 4 is 23.2 Å². The first kappa shape index (κ1) is 18.5. The van der Waals surface area contributed by atoms with Crippen LogP contribution in [-0.4, -0.2) is 25.0 Å². The highest BCUT2D eigenvalue weighted by Crippen LogP contribution is 2.19. The molecule has 0 spiro atoms. The number of rotatable bonds is 6. The van der Waals surface area contributed by atoms with Crippen LogP contribution in [0.25, 0.3) is 0 Å². The van der Waals surface area contributed by atoms with Gasteiger partial charge in [0.2, 0.25) is 5.91 Å². The Morgan fingerprint density at radius 3 is 2.20 bits per heavy atom. The number of nitrogens with zero attached hydrogens (tertiary/aromatic N) is 1. The zero-order valence-electron chi connectivity index (χ0n) is 15.1. The molecule has 0 heterocycles. The number of nitrogens with one attached hydrogen (secondary N) is 1. The number of anilines is 2. The van der Waals surface area contributed by atoms with E-state index >= 15 is 0 Å².